The van der Waals surface area contributed by atoms with E-state index in [4.69, 9.17) is 0 Å². The van der Waals surface area contributed by atoms with Gasteiger partial charge in [-0.3, -0.25) is 0 Å². The summed E-state index contributed by atoms with van der Waals surface area (Å²) in [4.78, 5) is 4.40. The summed E-state index contributed by atoms with van der Waals surface area (Å²) in [6, 6.07) is 10.6. The Kier molecular flexibility index (Phi) is 3.53. The van der Waals surface area contributed by atoms with E-state index >= 15 is 0 Å². The molecular weight excluding hydrogens is 320 g/mol. The molecular formula is C15H13BrN2S. The van der Waals surface area contributed by atoms with Crippen LogP contribution in [-0.4, -0.2) is 4.98 Å². The fourth-order valence-electron chi connectivity index (χ4n) is 2.07. The second-order valence-corrected chi connectivity index (χ2v) is 6.26. The highest BCUT2D eigenvalue weighted by Gasteiger charge is 2.05. The van der Waals surface area contributed by atoms with Gasteiger partial charge in [0.2, 0.25) is 0 Å². The Bertz CT molecular complexity index is 721. The van der Waals surface area contributed by atoms with Crippen LogP contribution in [0.2, 0.25) is 0 Å². The molecule has 2 heterocycles. The van der Waals surface area contributed by atoms with Crippen LogP contribution in [0.4, 0.5) is 5.82 Å². The molecule has 0 spiro atoms. The molecule has 0 aliphatic carbocycles. The minimum Gasteiger partial charge on any atom is -0.366 e. The number of rotatable bonds is 3. The van der Waals surface area contributed by atoms with Crippen molar-refractivity contribution in [3.8, 4) is 0 Å². The molecule has 0 radical (unpaired) electrons. The highest BCUT2D eigenvalue weighted by Crippen LogP contribution is 2.26. The highest BCUT2D eigenvalue weighted by atomic mass is 79.9. The third-order valence-electron chi connectivity index (χ3n) is 3.05. The normalized spacial score (nSPS) is 10.8. The zero-order valence-electron chi connectivity index (χ0n) is 10.5. The van der Waals surface area contributed by atoms with Crippen LogP contribution in [0, 0.1) is 6.92 Å². The Morgan fingerprint density at radius 2 is 2.16 bits per heavy atom. The van der Waals surface area contributed by atoms with Gasteiger partial charge in [0.25, 0.3) is 0 Å². The number of fused-ring (bicyclic) bond motifs is 1. The zero-order valence-corrected chi connectivity index (χ0v) is 12.9. The monoisotopic (exact) mass is 332 g/mol. The molecule has 1 N–H and O–H groups in total. The molecule has 0 bridgehead atoms. The van der Waals surface area contributed by atoms with E-state index in [2.05, 4.69) is 68.9 Å². The second kappa shape index (κ2) is 5.31. The predicted octanol–water partition coefficient (Wildman–Crippen LogP) is 4.98. The fourth-order valence-corrected chi connectivity index (χ4v) is 3.48. The average molecular weight is 333 g/mol. The van der Waals surface area contributed by atoms with Gasteiger partial charge >= 0.3 is 0 Å². The number of hydrogen-bond donors (Lipinski definition) is 1. The molecule has 1 aromatic carbocycles. The third kappa shape index (κ3) is 2.65. The first-order chi connectivity index (χ1) is 9.24. The number of nitrogens with zero attached hydrogens (tertiary/aromatic N) is 1. The molecule has 0 aliphatic rings. The van der Waals surface area contributed by atoms with Gasteiger partial charge in [-0.25, -0.2) is 4.98 Å². The molecule has 96 valence electrons. The van der Waals surface area contributed by atoms with Crippen molar-refractivity contribution in [3.63, 3.8) is 0 Å². The average Bonchev–Trinajstić information content (AvgIpc) is 2.81. The number of benzene rings is 1. The van der Waals surface area contributed by atoms with Crippen molar-refractivity contribution in [1.82, 2.24) is 4.98 Å². The molecule has 0 fully saturated rings. The molecule has 2 aromatic heterocycles. The van der Waals surface area contributed by atoms with Crippen molar-refractivity contribution >= 4 is 43.2 Å². The minimum absolute atomic E-state index is 0.805. The predicted molar refractivity (Wildman–Crippen MR) is 85.8 cm³/mol. The number of aromatic nitrogens is 1. The summed E-state index contributed by atoms with van der Waals surface area (Å²) >= 11 is 5.22. The van der Waals surface area contributed by atoms with Crippen molar-refractivity contribution in [2.75, 3.05) is 5.32 Å². The first kappa shape index (κ1) is 12.6. The summed E-state index contributed by atoms with van der Waals surface area (Å²) in [7, 11) is 0. The van der Waals surface area contributed by atoms with Crippen LogP contribution in [0.5, 0.6) is 0 Å². The highest BCUT2D eigenvalue weighted by molar-refractivity contribution is 9.10. The molecule has 0 aliphatic heterocycles. The van der Waals surface area contributed by atoms with Crippen LogP contribution in [0.25, 0.3) is 10.1 Å². The van der Waals surface area contributed by atoms with Crippen LogP contribution in [0.15, 0.2) is 46.4 Å². The second-order valence-electron chi connectivity index (χ2n) is 4.43. The van der Waals surface area contributed by atoms with E-state index in [1.165, 1.54) is 15.6 Å². The number of anilines is 1. The van der Waals surface area contributed by atoms with Gasteiger partial charge in [0.15, 0.2) is 0 Å². The number of hydrogen-bond acceptors (Lipinski definition) is 3. The lowest BCUT2D eigenvalue weighted by molar-refractivity contribution is 1.11. The number of nitrogens with one attached hydrogen (secondary N) is 1. The largest absolute Gasteiger partial charge is 0.366 e. The Hall–Kier alpha value is -1.39. The van der Waals surface area contributed by atoms with Crippen LogP contribution in [-0.2, 0) is 6.54 Å². The maximum absolute atomic E-state index is 4.40. The topological polar surface area (TPSA) is 24.9 Å². The quantitative estimate of drug-likeness (QED) is 0.731. The van der Waals surface area contributed by atoms with Crippen molar-refractivity contribution in [2.45, 2.75) is 13.5 Å². The fraction of sp³-hybridized carbons (Fsp3) is 0.133. The Balaban J connectivity index is 1.82. The summed E-state index contributed by atoms with van der Waals surface area (Å²) in [5.41, 5.74) is 2.47. The van der Waals surface area contributed by atoms with Gasteiger partial charge in [0.05, 0.1) is 0 Å². The minimum atomic E-state index is 0.805. The number of halogens is 1. The maximum Gasteiger partial charge on any atom is 0.129 e. The lowest BCUT2D eigenvalue weighted by Crippen LogP contribution is -2.02. The van der Waals surface area contributed by atoms with E-state index < -0.39 is 0 Å². The molecule has 19 heavy (non-hydrogen) atoms. The summed E-state index contributed by atoms with van der Waals surface area (Å²) in [5.74, 6) is 0.943. The molecule has 0 saturated heterocycles. The van der Waals surface area contributed by atoms with Crippen molar-refractivity contribution in [2.24, 2.45) is 0 Å². The van der Waals surface area contributed by atoms with E-state index in [-0.39, 0.29) is 0 Å². The van der Waals surface area contributed by atoms with Gasteiger partial charge in [-0.1, -0.05) is 18.2 Å². The standard InChI is InChI=1S/C15H13BrN2S/c1-10-6-12(16)8-18-15(10)17-7-11-9-19-14-5-3-2-4-13(11)14/h2-6,8-9H,7H2,1H3,(H,17,18). The van der Waals surface area contributed by atoms with Crippen LogP contribution in [0.1, 0.15) is 11.1 Å². The number of aryl methyl sites for hydroxylation is 1. The van der Waals surface area contributed by atoms with E-state index in [1.807, 2.05) is 6.20 Å². The van der Waals surface area contributed by atoms with Gasteiger partial charge in [0, 0.05) is 21.9 Å². The third-order valence-corrected chi connectivity index (χ3v) is 4.50. The lowest BCUT2D eigenvalue weighted by atomic mass is 10.2. The van der Waals surface area contributed by atoms with E-state index in [0.29, 0.717) is 0 Å². The van der Waals surface area contributed by atoms with E-state index in [0.717, 1.165) is 22.4 Å². The lowest BCUT2D eigenvalue weighted by Gasteiger charge is -2.08. The molecule has 3 rings (SSSR count). The summed E-state index contributed by atoms with van der Waals surface area (Å²) < 4.78 is 2.34. The molecule has 0 atom stereocenters. The molecule has 4 heteroatoms. The van der Waals surface area contributed by atoms with Gasteiger partial charge < -0.3 is 5.32 Å². The molecule has 0 amide bonds. The smallest absolute Gasteiger partial charge is 0.129 e. The van der Waals surface area contributed by atoms with E-state index in [1.54, 1.807) is 11.3 Å². The van der Waals surface area contributed by atoms with Gasteiger partial charge in [-0.05, 0) is 56.9 Å². The molecule has 3 aromatic rings. The summed E-state index contributed by atoms with van der Waals surface area (Å²) in [6.07, 6.45) is 1.82. The summed E-state index contributed by atoms with van der Waals surface area (Å²) in [6.45, 7) is 2.87. The summed E-state index contributed by atoms with van der Waals surface area (Å²) in [5, 5.41) is 6.95. The van der Waals surface area contributed by atoms with Crippen molar-refractivity contribution < 1.29 is 0 Å². The molecule has 2 nitrogen and oxygen atoms in total. The van der Waals surface area contributed by atoms with Gasteiger partial charge in [0.1, 0.15) is 5.82 Å². The van der Waals surface area contributed by atoms with E-state index in [9.17, 15) is 0 Å². The first-order valence-electron chi connectivity index (χ1n) is 6.05. The Morgan fingerprint density at radius 3 is 3.00 bits per heavy atom. The number of thiophene rings is 1. The van der Waals surface area contributed by atoms with Crippen LogP contribution >= 0.6 is 27.3 Å². The first-order valence-corrected chi connectivity index (χ1v) is 7.72. The maximum atomic E-state index is 4.40. The van der Waals surface area contributed by atoms with Crippen molar-refractivity contribution in [1.29, 1.82) is 0 Å². The Morgan fingerprint density at radius 1 is 1.32 bits per heavy atom. The SMILES string of the molecule is Cc1cc(Br)cnc1NCc1csc2ccccc12. The molecule has 0 saturated carbocycles. The van der Waals surface area contributed by atoms with Crippen LogP contribution in [0.3, 0.4) is 0 Å². The van der Waals surface area contributed by atoms with Gasteiger partial charge in [-0.15, -0.1) is 11.3 Å². The van der Waals surface area contributed by atoms with Crippen LogP contribution < -0.4 is 5.32 Å². The van der Waals surface area contributed by atoms with Gasteiger partial charge in [-0.2, -0.15) is 0 Å². The zero-order chi connectivity index (χ0) is 13.2. The molecule has 0 unspecified atom stereocenters. The number of pyridine rings is 1. The Labute approximate surface area is 124 Å². The van der Waals surface area contributed by atoms with Crippen molar-refractivity contribution in [3.05, 3.63) is 57.5 Å².